The van der Waals surface area contributed by atoms with Gasteiger partial charge in [0.2, 0.25) is 11.8 Å². The van der Waals surface area contributed by atoms with Crippen LogP contribution in [0, 0.1) is 0 Å². The molecule has 178 valence electrons. The predicted molar refractivity (Wildman–Crippen MR) is 139 cm³/mol. The van der Waals surface area contributed by atoms with Gasteiger partial charge in [0.1, 0.15) is 12.2 Å². The summed E-state index contributed by atoms with van der Waals surface area (Å²) < 4.78 is 1.96. The van der Waals surface area contributed by atoms with Gasteiger partial charge in [0.15, 0.2) is 0 Å². The van der Waals surface area contributed by atoms with E-state index in [-0.39, 0.29) is 24.2 Å². The third-order valence-electron chi connectivity index (χ3n) is 6.77. The second kappa shape index (κ2) is 8.77. The Kier molecular flexibility index (Phi) is 5.42. The minimum atomic E-state index is -0.303. The number of halogens is 1. The van der Waals surface area contributed by atoms with E-state index in [0.717, 1.165) is 39.2 Å². The number of nitrogens with zero attached hydrogens (tertiary/aromatic N) is 3. The van der Waals surface area contributed by atoms with E-state index in [2.05, 4.69) is 33.8 Å². The normalized spacial score (nSPS) is 16.1. The van der Waals surface area contributed by atoms with E-state index in [4.69, 9.17) is 11.6 Å². The van der Waals surface area contributed by atoms with Gasteiger partial charge in [-0.05, 0) is 60.0 Å². The van der Waals surface area contributed by atoms with Gasteiger partial charge in [-0.2, -0.15) is 0 Å². The van der Waals surface area contributed by atoms with Crippen molar-refractivity contribution in [2.75, 3.05) is 10.6 Å². The number of allylic oxidation sites excluding steroid dienone is 1. The lowest BCUT2D eigenvalue weighted by molar-refractivity contribution is -0.116. The number of amides is 2. The monoisotopic (exact) mass is 495 g/mol. The first-order valence-electron chi connectivity index (χ1n) is 11.7. The molecule has 0 radical (unpaired) electrons. The Labute approximate surface area is 212 Å². The molecule has 6 rings (SSSR count). The van der Waals surface area contributed by atoms with E-state index in [0.29, 0.717) is 23.0 Å². The molecule has 8 heteroatoms. The van der Waals surface area contributed by atoms with Crippen LogP contribution in [0.1, 0.15) is 41.8 Å². The second-order valence-electron chi connectivity index (χ2n) is 9.04. The SMILES string of the molecule is CC1=C(c2ccc(Cl)cc2)c2ccccc2-n2cnnc2C1CC(=O)Nc1ccc2c(c1)CC(=O)N2. The van der Waals surface area contributed by atoms with E-state index < -0.39 is 0 Å². The summed E-state index contributed by atoms with van der Waals surface area (Å²) in [6.45, 7) is 2.05. The summed E-state index contributed by atoms with van der Waals surface area (Å²) >= 11 is 6.18. The molecule has 1 aromatic heterocycles. The zero-order chi connectivity index (χ0) is 24.8. The standard InChI is InChI=1S/C28H22ClN5O2/c1-16-22(14-26(36)31-20-10-11-23-18(12-20)13-25(35)32-23)28-33-30-15-34(28)24-5-3-2-4-21(24)27(16)17-6-8-19(29)9-7-17/h2-12,15,22H,13-14H2,1H3,(H,31,36)(H,32,35). The van der Waals surface area contributed by atoms with Crippen LogP contribution in [0.25, 0.3) is 11.3 Å². The average Bonchev–Trinajstić information content (AvgIpc) is 3.47. The Morgan fingerprint density at radius 2 is 1.94 bits per heavy atom. The van der Waals surface area contributed by atoms with Crippen LogP contribution in [0.2, 0.25) is 5.02 Å². The molecule has 0 spiro atoms. The minimum absolute atomic E-state index is 0.0404. The fraction of sp³-hybridized carbons (Fsp3) is 0.143. The van der Waals surface area contributed by atoms with Crippen molar-refractivity contribution in [3.63, 3.8) is 0 Å². The molecule has 2 aliphatic heterocycles. The Morgan fingerprint density at radius 3 is 2.78 bits per heavy atom. The van der Waals surface area contributed by atoms with Gasteiger partial charge in [0.25, 0.3) is 0 Å². The van der Waals surface area contributed by atoms with Crippen LogP contribution in [0.5, 0.6) is 0 Å². The molecule has 4 aromatic rings. The topological polar surface area (TPSA) is 88.9 Å². The number of rotatable bonds is 4. The molecule has 1 atom stereocenters. The van der Waals surface area contributed by atoms with E-state index in [1.165, 1.54) is 0 Å². The van der Waals surface area contributed by atoms with Gasteiger partial charge in [-0.3, -0.25) is 14.2 Å². The Balaban J connectivity index is 1.39. The maximum absolute atomic E-state index is 13.3. The van der Waals surface area contributed by atoms with Crippen LogP contribution in [0.3, 0.4) is 0 Å². The molecular weight excluding hydrogens is 474 g/mol. The van der Waals surface area contributed by atoms with Gasteiger partial charge in [0.05, 0.1) is 12.1 Å². The maximum Gasteiger partial charge on any atom is 0.228 e. The molecule has 36 heavy (non-hydrogen) atoms. The Morgan fingerprint density at radius 1 is 1.14 bits per heavy atom. The number of fused-ring (bicyclic) bond motifs is 4. The second-order valence-corrected chi connectivity index (χ2v) is 9.48. The van der Waals surface area contributed by atoms with Crippen molar-refractivity contribution in [2.45, 2.75) is 25.7 Å². The molecule has 0 aliphatic carbocycles. The zero-order valence-electron chi connectivity index (χ0n) is 19.5. The van der Waals surface area contributed by atoms with Crippen LogP contribution in [-0.2, 0) is 16.0 Å². The third-order valence-corrected chi connectivity index (χ3v) is 7.02. The van der Waals surface area contributed by atoms with Crippen LogP contribution in [0.15, 0.2) is 78.6 Å². The van der Waals surface area contributed by atoms with Crippen molar-refractivity contribution in [2.24, 2.45) is 0 Å². The number of nitrogens with one attached hydrogen (secondary N) is 2. The van der Waals surface area contributed by atoms with E-state index in [1.807, 2.05) is 59.2 Å². The lowest BCUT2D eigenvalue weighted by Crippen LogP contribution is -2.18. The largest absolute Gasteiger partial charge is 0.326 e. The molecule has 2 amide bonds. The van der Waals surface area contributed by atoms with Gasteiger partial charge in [-0.1, -0.05) is 47.5 Å². The molecule has 0 bridgehead atoms. The average molecular weight is 496 g/mol. The minimum Gasteiger partial charge on any atom is -0.326 e. The molecule has 0 saturated carbocycles. The zero-order valence-corrected chi connectivity index (χ0v) is 20.2. The lowest BCUT2D eigenvalue weighted by Gasteiger charge is -2.19. The highest BCUT2D eigenvalue weighted by molar-refractivity contribution is 6.30. The van der Waals surface area contributed by atoms with Crippen LogP contribution < -0.4 is 10.6 Å². The predicted octanol–water partition coefficient (Wildman–Crippen LogP) is 5.36. The van der Waals surface area contributed by atoms with E-state index in [9.17, 15) is 9.59 Å². The van der Waals surface area contributed by atoms with Gasteiger partial charge < -0.3 is 10.6 Å². The summed E-state index contributed by atoms with van der Waals surface area (Å²) in [4.78, 5) is 25.0. The van der Waals surface area contributed by atoms with Gasteiger partial charge >= 0.3 is 0 Å². The lowest BCUT2D eigenvalue weighted by atomic mass is 9.86. The van der Waals surface area contributed by atoms with Crippen molar-refractivity contribution < 1.29 is 9.59 Å². The number of hydrogen-bond acceptors (Lipinski definition) is 4. The summed E-state index contributed by atoms with van der Waals surface area (Å²) in [5, 5.41) is 15.1. The number of hydrogen-bond donors (Lipinski definition) is 2. The number of carbonyl (C=O) groups is 2. The van der Waals surface area contributed by atoms with Crippen molar-refractivity contribution in [1.29, 1.82) is 0 Å². The maximum atomic E-state index is 13.3. The molecule has 3 aromatic carbocycles. The molecule has 0 fully saturated rings. The molecule has 2 aliphatic rings. The number of carbonyl (C=O) groups excluding carboxylic acids is 2. The number of benzene rings is 3. The molecule has 7 nitrogen and oxygen atoms in total. The Bertz CT molecular complexity index is 1550. The summed E-state index contributed by atoms with van der Waals surface area (Å²) in [6, 6.07) is 21.3. The first kappa shape index (κ1) is 22.2. The van der Waals surface area contributed by atoms with Gasteiger partial charge in [-0.15, -0.1) is 10.2 Å². The fourth-order valence-corrected chi connectivity index (χ4v) is 5.22. The summed E-state index contributed by atoms with van der Waals surface area (Å²) in [6.07, 6.45) is 2.20. The number of aromatic nitrogens is 3. The van der Waals surface area contributed by atoms with Crippen molar-refractivity contribution >= 4 is 40.4 Å². The van der Waals surface area contributed by atoms with Crippen LogP contribution in [-0.4, -0.2) is 26.6 Å². The van der Waals surface area contributed by atoms with E-state index in [1.54, 1.807) is 12.4 Å². The highest BCUT2D eigenvalue weighted by atomic mass is 35.5. The molecule has 0 saturated heterocycles. The van der Waals surface area contributed by atoms with Crippen molar-refractivity contribution in [3.8, 4) is 5.69 Å². The fourth-order valence-electron chi connectivity index (χ4n) is 5.09. The summed E-state index contributed by atoms with van der Waals surface area (Å²) in [7, 11) is 0. The Hall–Kier alpha value is -4.23. The first-order valence-corrected chi connectivity index (χ1v) is 12.0. The third kappa shape index (κ3) is 3.87. The quantitative estimate of drug-likeness (QED) is 0.398. The van der Waals surface area contributed by atoms with Gasteiger partial charge in [-0.25, -0.2) is 0 Å². The van der Waals surface area contributed by atoms with Crippen LogP contribution in [0.4, 0.5) is 11.4 Å². The molecule has 3 heterocycles. The highest BCUT2D eigenvalue weighted by Crippen LogP contribution is 2.42. The number of anilines is 2. The van der Waals surface area contributed by atoms with Crippen molar-refractivity contribution in [3.05, 3.63) is 106 Å². The van der Waals surface area contributed by atoms with E-state index >= 15 is 0 Å². The molecule has 1 unspecified atom stereocenters. The highest BCUT2D eigenvalue weighted by Gasteiger charge is 2.31. The smallest absolute Gasteiger partial charge is 0.228 e. The summed E-state index contributed by atoms with van der Waals surface area (Å²) in [5.41, 5.74) is 7.42. The van der Waals surface area contributed by atoms with Crippen molar-refractivity contribution in [1.82, 2.24) is 14.8 Å². The molecular formula is C28H22ClN5O2. The first-order chi connectivity index (χ1) is 17.5. The molecule has 2 N–H and O–H groups in total. The number of para-hydroxylation sites is 1. The summed E-state index contributed by atoms with van der Waals surface area (Å²) in [5.74, 6) is 0.222. The van der Waals surface area contributed by atoms with Gasteiger partial charge in [0, 0.05) is 34.3 Å². The van der Waals surface area contributed by atoms with Crippen LogP contribution >= 0.6 is 11.6 Å².